The minimum Gasteiger partial charge on any atom is -0.495 e. The first-order chi connectivity index (χ1) is 10.9. The van der Waals surface area contributed by atoms with Gasteiger partial charge in [-0.3, -0.25) is 4.79 Å². The Labute approximate surface area is 130 Å². The number of benzene rings is 2. The van der Waals surface area contributed by atoms with E-state index in [0.717, 1.165) is 12.1 Å². The number of hydrogen-bond donors (Lipinski definition) is 1. The van der Waals surface area contributed by atoms with Gasteiger partial charge in [0.05, 0.1) is 18.4 Å². The van der Waals surface area contributed by atoms with Gasteiger partial charge in [-0.1, -0.05) is 12.1 Å². The summed E-state index contributed by atoms with van der Waals surface area (Å²) in [5.74, 6) is 0.220. The zero-order valence-electron chi connectivity index (χ0n) is 12.2. The minimum atomic E-state index is -4.40. The molecule has 0 atom stereocenters. The summed E-state index contributed by atoms with van der Waals surface area (Å²) in [7, 11) is 1.48. The summed E-state index contributed by atoms with van der Waals surface area (Å²) in [6.07, 6.45) is -4.40. The first-order valence-corrected chi connectivity index (χ1v) is 6.63. The van der Waals surface area contributed by atoms with Crippen LogP contribution >= 0.6 is 0 Å². The first-order valence-electron chi connectivity index (χ1n) is 6.63. The quantitative estimate of drug-likeness (QED) is 0.911. The number of anilines is 1. The zero-order valence-corrected chi connectivity index (χ0v) is 12.2. The topological polar surface area (TPSA) is 47.6 Å². The SMILES string of the molecule is COc1ccccc1NC(=O)COc1ccc(C(F)(F)F)cc1. The molecule has 2 rings (SSSR count). The number of methoxy groups -OCH3 is 1. The van der Waals surface area contributed by atoms with Crippen molar-refractivity contribution in [2.45, 2.75) is 6.18 Å². The largest absolute Gasteiger partial charge is 0.495 e. The van der Waals surface area contributed by atoms with Crippen molar-refractivity contribution >= 4 is 11.6 Å². The molecule has 0 unspecified atom stereocenters. The molecule has 2 aromatic rings. The summed E-state index contributed by atoms with van der Waals surface area (Å²) >= 11 is 0. The van der Waals surface area contributed by atoms with Crippen molar-refractivity contribution < 1.29 is 27.4 Å². The van der Waals surface area contributed by atoms with E-state index in [-0.39, 0.29) is 12.4 Å². The predicted molar refractivity (Wildman–Crippen MR) is 78.6 cm³/mol. The van der Waals surface area contributed by atoms with Gasteiger partial charge in [0.25, 0.3) is 5.91 Å². The van der Waals surface area contributed by atoms with E-state index in [1.54, 1.807) is 24.3 Å². The number of hydrogen-bond acceptors (Lipinski definition) is 3. The Morgan fingerprint density at radius 2 is 1.74 bits per heavy atom. The van der Waals surface area contributed by atoms with Crippen molar-refractivity contribution in [3.63, 3.8) is 0 Å². The second kappa shape index (κ2) is 7.04. The molecule has 23 heavy (non-hydrogen) atoms. The molecule has 122 valence electrons. The van der Waals surface area contributed by atoms with E-state index in [9.17, 15) is 18.0 Å². The van der Waals surface area contributed by atoms with Crippen LogP contribution in [0, 0.1) is 0 Å². The Balaban J connectivity index is 1.92. The van der Waals surface area contributed by atoms with E-state index in [0.29, 0.717) is 11.4 Å². The molecule has 0 aromatic heterocycles. The number of carbonyl (C=O) groups excluding carboxylic acids is 1. The molecule has 7 heteroatoms. The van der Waals surface area contributed by atoms with Crippen LogP contribution < -0.4 is 14.8 Å². The van der Waals surface area contributed by atoms with Gasteiger partial charge in [-0.05, 0) is 36.4 Å². The molecule has 0 aliphatic carbocycles. The molecule has 0 fully saturated rings. The third kappa shape index (κ3) is 4.64. The smallest absolute Gasteiger partial charge is 0.416 e. The van der Waals surface area contributed by atoms with E-state index in [1.807, 2.05) is 0 Å². The van der Waals surface area contributed by atoms with E-state index in [1.165, 1.54) is 19.2 Å². The van der Waals surface area contributed by atoms with Gasteiger partial charge in [-0.15, -0.1) is 0 Å². The van der Waals surface area contributed by atoms with Gasteiger partial charge in [0, 0.05) is 0 Å². The van der Waals surface area contributed by atoms with Gasteiger partial charge in [-0.25, -0.2) is 0 Å². The van der Waals surface area contributed by atoms with Crippen LogP contribution in [0.3, 0.4) is 0 Å². The number of ether oxygens (including phenoxy) is 2. The molecule has 0 saturated carbocycles. The van der Waals surface area contributed by atoms with E-state index < -0.39 is 17.6 Å². The Hall–Kier alpha value is -2.70. The fourth-order valence-corrected chi connectivity index (χ4v) is 1.82. The summed E-state index contributed by atoms with van der Waals surface area (Å²) in [5, 5.41) is 2.60. The fourth-order valence-electron chi connectivity index (χ4n) is 1.82. The molecule has 1 amide bonds. The van der Waals surface area contributed by atoms with Crippen LogP contribution in [-0.2, 0) is 11.0 Å². The number of halogens is 3. The summed E-state index contributed by atoms with van der Waals surface area (Å²) in [6.45, 7) is -0.330. The van der Waals surface area contributed by atoms with E-state index in [4.69, 9.17) is 9.47 Å². The maximum absolute atomic E-state index is 12.4. The van der Waals surface area contributed by atoms with Gasteiger partial charge in [0.15, 0.2) is 6.61 Å². The molecule has 0 radical (unpaired) electrons. The van der Waals surface area contributed by atoms with Gasteiger partial charge < -0.3 is 14.8 Å². The van der Waals surface area contributed by atoms with E-state index >= 15 is 0 Å². The molecule has 0 heterocycles. The van der Waals surface area contributed by atoms with Crippen LogP contribution in [0.5, 0.6) is 11.5 Å². The Morgan fingerprint density at radius 3 is 2.35 bits per heavy atom. The van der Waals surface area contributed by atoms with Crippen molar-refractivity contribution in [3.05, 3.63) is 54.1 Å². The Bertz CT molecular complexity index is 669. The molecule has 2 aromatic carbocycles. The maximum atomic E-state index is 12.4. The molecule has 4 nitrogen and oxygen atoms in total. The number of alkyl halides is 3. The molecule has 1 N–H and O–H groups in total. The maximum Gasteiger partial charge on any atom is 0.416 e. The number of carbonyl (C=O) groups is 1. The summed E-state index contributed by atoms with van der Waals surface area (Å²) in [4.78, 5) is 11.8. The van der Waals surface area contributed by atoms with Crippen LogP contribution in [0.15, 0.2) is 48.5 Å². The summed E-state index contributed by atoms with van der Waals surface area (Å²) in [6, 6.07) is 11.0. The summed E-state index contributed by atoms with van der Waals surface area (Å²) in [5.41, 5.74) is -0.292. The van der Waals surface area contributed by atoms with Gasteiger partial charge in [-0.2, -0.15) is 13.2 Å². The van der Waals surface area contributed by atoms with Gasteiger partial charge in [0.2, 0.25) is 0 Å². The highest BCUT2D eigenvalue weighted by molar-refractivity contribution is 5.93. The van der Waals surface area contributed by atoms with Crippen molar-refractivity contribution in [2.75, 3.05) is 19.0 Å². The van der Waals surface area contributed by atoms with Crippen LogP contribution in [0.25, 0.3) is 0 Å². The second-order valence-electron chi connectivity index (χ2n) is 4.56. The lowest BCUT2D eigenvalue weighted by Crippen LogP contribution is -2.20. The lowest BCUT2D eigenvalue weighted by molar-refractivity contribution is -0.137. The molecule has 0 saturated heterocycles. The average molecular weight is 325 g/mol. The van der Waals surface area contributed by atoms with Crippen molar-refractivity contribution in [1.29, 1.82) is 0 Å². The second-order valence-corrected chi connectivity index (χ2v) is 4.56. The normalized spacial score (nSPS) is 11.0. The molecule has 0 spiro atoms. The highest BCUT2D eigenvalue weighted by Gasteiger charge is 2.30. The van der Waals surface area contributed by atoms with Crippen molar-refractivity contribution in [1.82, 2.24) is 0 Å². The number of nitrogens with one attached hydrogen (secondary N) is 1. The predicted octanol–water partition coefficient (Wildman–Crippen LogP) is 3.73. The molecule has 0 aliphatic heterocycles. The van der Waals surface area contributed by atoms with Crippen LogP contribution in [-0.4, -0.2) is 19.6 Å². The third-order valence-corrected chi connectivity index (χ3v) is 2.93. The van der Waals surface area contributed by atoms with E-state index in [2.05, 4.69) is 5.32 Å². The highest BCUT2D eigenvalue weighted by Crippen LogP contribution is 2.30. The lowest BCUT2D eigenvalue weighted by atomic mass is 10.2. The monoisotopic (exact) mass is 325 g/mol. The number of rotatable bonds is 5. The number of para-hydroxylation sites is 2. The standard InChI is InChI=1S/C16H14F3NO3/c1-22-14-5-3-2-4-13(14)20-15(21)10-23-12-8-6-11(7-9-12)16(17,18)19/h2-9H,10H2,1H3,(H,20,21). The highest BCUT2D eigenvalue weighted by atomic mass is 19.4. The Kier molecular flexibility index (Phi) is 5.10. The van der Waals surface area contributed by atoms with Gasteiger partial charge >= 0.3 is 6.18 Å². The van der Waals surface area contributed by atoms with Gasteiger partial charge in [0.1, 0.15) is 11.5 Å². The lowest BCUT2D eigenvalue weighted by Gasteiger charge is -2.11. The average Bonchev–Trinajstić information content (AvgIpc) is 2.53. The van der Waals surface area contributed by atoms with Crippen molar-refractivity contribution in [2.24, 2.45) is 0 Å². The molecule has 0 bridgehead atoms. The first kappa shape index (κ1) is 16.7. The molecule has 0 aliphatic rings. The van der Waals surface area contributed by atoms with Crippen LogP contribution in [0.2, 0.25) is 0 Å². The van der Waals surface area contributed by atoms with Crippen LogP contribution in [0.4, 0.5) is 18.9 Å². The Morgan fingerprint density at radius 1 is 1.09 bits per heavy atom. The molecular formula is C16H14F3NO3. The zero-order chi connectivity index (χ0) is 16.9. The minimum absolute atomic E-state index is 0.174. The fraction of sp³-hybridized carbons (Fsp3) is 0.188. The molecular weight excluding hydrogens is 311 g/mol. The number of amides is 1. The van der Waals surface area contributed by atoms with Crippen LogP contribution in [0.1, 0.15) is 5.56 Å². The van der Waals surface area contributed by atoms with Crippen molar-refractivity contribution in [3.8, 4) is 11.5 Å². The summed E-state index contributed by atoms with van der Waals surface area (Å²) < 4.78 is 47.5. The third-order valence-electron chi connectivity index (χ3n) is 2.93.